The lowest BCUT2D eigenvalue weighted by atomic mass is 10.1. The number of methoxy groups -OCH3 is 1. The third-order valence-corrected chi connectivity index (χ3v) is 3.38. The van der Waals surface area contributed by atoms with Gasteiger partial charge in [0.2, 0.25) is 0 Å². The van der Waals surface area contributed by atoms with E-state index in [4.69, 9.17) is 4.74 Å². The maximum Gasteiger partial charge on any atom is 0.276 e. The second-order valence-corrected chi connectivity index (χ2v) is 4.60. The number of rotatable bonds is 3. The van der Waals surface area contributed by atoms with Crippen molar-refractivity contribution >= 4 is 10.9 Å². The SMILES string of the molecule is CCn1nc(-c2ccc(OC)cc2)c2ncccc2c1=O. The van der Waals surface area contributed by atoms with E-state index in [1.807, 2.05) is 31.2 Å². The minimum Gasteiger partial charge on any atom is -0.497 e. The topological polar surface area (TPSA) is 57.0 Å². The van der Waals surface area contributed by atoms with Crippen LogP contribution in [0.5, 0.6) is 5.75 Å². The molecule has 0 fully saturated rings. The summed E-state index contributed by atoms with van der Waals surface area (Å²) in [6.07, 6.45) is 1.67. The molecule has 3 rings (SSSR count). The van der Waals surface area contributed by atoms with Crippen molar-refractivity contribution in [2.45, 2.75) is 13.5 Å². The first-order valence-electron chi connectivity index (χ1n) is 6.75. The highest BCUT2D eigenvalue weighted by Gasteiger charge is 2.12. The van der Waals surface area contributed by atoms with Gasteiger partial charge in [-0.2, -0.15) is 5.10 Å². The van der Waals surface area contributed by atoms with E-state index in [1.54, 1.807) is 25.4 Å². The Morgan fingerprint density at radius 3 is 2.62 bits per heavy atom. The molecule has 0 bridgehead atoms. The molecule has 5 heteroatoms. The Hall–Kier alpha value is -2.69. The van der Waals surface area contributed by atoms with Crippen molar-refractivity contribution in [1.29, 1.82) is 0 Å². The predicted octanol–water partition coefficient (Wildman–Crippen LogP) is 2.49. The van der Waals surface area contributed by atoms with Gasteiger partial charge in [-0.3, -0.25) is 9.78 Å². The number of ether oxygens (including phenoxy) is 1. The molecule has 0 saturated carbocycles. The number of fused-ring (bicyclic) bond motifs is 1. The lowest BCUT2D eigenvalue weighted by Crippen LogP contribution is -2.23. The fraction of sp³-hybridized carbons (Fsp3) is 0.188. The molecule has 2 heterocycles. The van der Waals surface area contributed by atoms with Gasteiger partial charge in [-0.05, 0) is 43.3 Å². The van der Waals surface area contributed by atoms with Crippen molar-refractivity contribution in [2.75, 3.05) is 7.11 Å². The Kier molecular flexibility index (Phi) is 3.39. The number of nitrogens with zero attached hydrogens (tertiary/aromatic N) is 3. The zero-order chi connectivity index (χ0) is 14.8. The number of aryl methyl sites for hydroxylation is 1. The Morgan fingerprint density at radius 2 is 1.95 bits per heavy atom. The number of pyridine rings is 1. The van der Waals surface area contributed by atoms with Gasteiger partial charge in [0, 0.05) is 18.3 Å². The molecular formula is C16H15N3O2. The molecule has 0 aliphatic heterocycles. The van der Waals surface area contributed by atoms with E-state index in [1.165, 1.54) is 4.68 Å². The summed E-state index contributed by atoms with van der Waals surface area (Å²) in [5.41, 5.74) is 2.12. The van der Waals surface area contributed by atoms with Crippen molar-refractivity contribution in [3.05, 3.63) is 52.9 Å². The highest BCUT2D eigenvalue weighted by Crippen LogP contribution is 2.24. The van der Waals surface area contributed by atoms with Gasteiger partial charge in [-0.1, -0.05) is 0 Å². The van der Waals surface area contributed by atoms with Gasteiger partial charge in [-0.25, -0.2) is 4.68 Å². The van der Waals surface area contributed by atoms with Gasteiger partial charge in [0.05, 0.1) is 12.5 Å². The van der Waals surface area contributed by atoms with E-state index in [0.717, 1.165) is 11.3 Å². The number of hydrogen-bond donors (Lipinski definition) is 0. The molecule has 0 unspecified atom stereocenters. The van der Waals surface area contributed by atoms with Crippen LogP contribution in [0, 0.1) is 0 Å². The van der Waals surface area contributed by atoms with Gasteiger partial charge < -0.3 is 4.74 Å². The van der Waals surface area contributed by atoms with Crippen LogP contribution >= 0.6 is 0 Å². The Morgan fingerprint density at radius 1 is 1.19 bits per heavy atom. The summed E-state index contributed by atoms with van der Waals surface area (Å²) >= 11 is 0. The van der Waals surface area contributed by atoms with Crippen molar-refractivity contribution in [3.8, 4) is 17.0 Å². The van der Waals surface area contributed by atoms with Gasteiger partial charge in [0.1, 0.15) is 17.0 Å². The van der Waals surface area contributed by atoms with E-state index in [-0.39, 0.29) is 5.56 Å². The minimum atomic E-state index is -0.113. The fourth-order valence-corrected chi connectivity index (χ4v) is 2.28. The van der Waals surface area contributed by atoms with Gasteiger partial charge in [0.15, 0.2) is 0 Å². The van der Waals surface area contributed by atoms with E-state index in [0.29, 0.717) is 23.1 Å². The van der Waals surface area contributed by atoms with Crippen molar-refractivity contribution in [2.24, 2.45) is 0 Å². The smallest absolute Gasteiger partial charge is 0.276 e. The zero-order valence-electron chi connectivity index (χ0n) is 11.9. The molecule has 2 aromatic heterocycles. The molecule has 0 aliphatic carbocycles. The van der Waals surface area contributed by atoms with E-state index in [9.17, 15) is 4.79 Å². The summed E-state index contributed by atoms with van der Waals surface area (Å²) in [5, 5.41) is 5.03. The van der Waals surface area contributed by atoms with Crippen LogP contribution < -0.4 is 10.3 Å². The molecule has 0 amide bonds. The monoisotopic (exact) mass is 281 g/mol. The normalized spacial score (nSPS) is 10.8. The van der Waals surface area contributed by atoms with Crippen LogP contribution in [-0.2, 0) is 6.54 Å². The first-order valence-corrected chi connectivity index (χ1v) is 6.75. The lowest BCUT2D eigenvalue weighted by Gasteiger charge is -2.09. The maximum atomic E-state index is 12.3. The molecule has 0 radical (unpaired) electrons. The average molecular weight is 281 g/mol. The third-order valence-electron chi connectivity index (χ3n) is 3.38. The van der Waals surface area contributed by atoms with Crippen molar-refractivity contribution < 1.29 is 4.74 Å². The second kappa shape index (κ2) is 5.36. The first kappa shape index (κ1) is 13.3. The van der Waals surface area contributed by atoms with Gasteiger partial charge in [0.25, 0.3) is 5.56 Å². The molecular weight excluding hydrogens is 266 g/mol. The number of aromatic nitrogens is 3. The summed E-state index contributed by atoms with van der Waals surface area (Å²) in [5.74, 6) is 0.778. The molecule has 21 heavy (non-hydrogen) atoms. The third kappa shape index (κ3) is 2.27. The van der Waals surface area contributed by atoms with Crippen LogP contribution in [0.15, 0.2) is 47.4 Å². The second-order valence-electron chi connectivity index (χ2n) is 4.60. The van der Waals surface area contributed by atoms with Gasteiger partial charge in [-0.15, -0.1) is 0 Å². The average Bonchev–Trinajstić information content (AvgIpc) is 2.56. The summed E-state index contributed by atoms with van der Waals surface area (Å²) in [7, 11) is 1.63. The van der Waals surface area contributed by atoms with Crippen molar-refractivity contribution in [3.63, 3.8) is 0 Å². The van der Waals surface area contributed by atoms with Crippen LogP contribution in [0.2, 0.25) is 0 Å². The molecule has 0 N–H and O–H groups in total. The number of hydrogen-bond acceptors (Lipinski definition) is 4. The summed E-state index contributed by atoms with van der Waals surface area (Å²) < 4.78 is 6.63. The molecule has 1 aromatic carbocycles. The molecule has 0 saturated heterocycles. The van der Waals surface area contributed by atoms with E-state index < -0.39 is 0 Å². The maximum absolute atomic E-state index is 12.3. The van der Waals surface area contributed by atoms with Gasteiger partial charge >= 0.3 is 0 Å². The Bertz CT molecular complexity index is 838. The van der Waals surface area contributed by atoms with E-state index >= 15 is 0 Å². The standard InChI is InChI=1S/C16H15N3O2/c1-3-19-16(20)13-5-4-10-17-15(13)14(18-19)11-6-8-12(21-2)9-7-11/h4-10H,3H2,1-2H3. The molecule has 106 valence electrons. The predicted molar refractivity (Wildman–Crippen MR) is 81.5 cm³/mol. The largest absolute Gasteiger partial charge is 0.497 e. The Labute approximate surface area is 121 Å². The molecule has 0 spiro atoms. The van der Waals surface area contributed by atoms with Crippen LogP contribution in [0.25, 0.3) is 22.2 Å². The summed E-state index contributed by atoms with van der Waals surface area (Å²) in [6.45, 7) is 2.42. The molecule has 3 aromatic rings. The minimum absolute atomic E-state index is 0.113. The number of benzene rings is 1. The highest BCUT2D eigenvalue weighted by molar-refractivity contribution is 5.90. The summed E-state index contributed by atoms with van der Waals surface area (Å²) in [6, 6.07) is 11.1. The summed E-state index contributed by atoms with van der Waals surface area (Å²) in [4.78, 5) is 16.6. The molecule has 5 nitrogen and oxygen atoms in total. The van der Waals surface area contributed by atoms with Crippen LogP contribution in [0.1, 0.15) is 6.92 Å². The molecule has 0 atom stereocenters. The van der Waals surface area contributed by atoms with Crippen molar-refractivity contribution in [1.82, 2.24) is 14.8 Å². The van der Waals surface area contributed by atoms with Crippen LogP contribution in [0.3, 0.4) is 0 Å². The zero-order valence-corrected chi connectivity index (χ0v) is 11.9. The van der Waals surface area contributed by atoms with Crippen LogP contribution in [-0.4, -0.2) is 21.9 Å². The highest BCUT2D eigenvalue weighted by atomic mass is 16.5. The van der Waals surface area contributed by atoms with E-state index in [2.05, 4.69) is 10.1 Å². The fourth-order valence-electron chi connectivity index (χ4n) is 2.28. The quantitative estimate of drug-likeness (QED) is 0.740. The molecule has 0 aliphatic rings. The Balaban J connectivity index is 2.30. The van der Waals surface area contributed by atoms with Crippen LogP contribution in [0.4, 0.5) is 0 Å². The lowest BCUT2D eigenvalue weighted by molar-refractivity contribution is 0.415. The first-order chi connectivity index (χ1) is 10.2.